The third-order valence-corrected chi connectivity index (χ3v) is 5.54. The summed E-state index contributed by atoms with van der Waals surface area (Å²) < 4.78 is 31.5. The van der Waals surface area contributed by atoms with Crippen LogP contribution in [0.2, 0.25) is 0 Å². The van der Waals surface area contributed by atoms with Gasteiger partial charge in [0.15, 0.2) is 0 Å². The lowest BCUT2D eigenvalue weighted by Gasteiger charge is -2.34. The van der Waals surface area contributed by atoms with Gasteiger partial charge < -0.3 is 10.5 Å². The molecule has 2 aliphatic rings. The number of hydrogen-bond acceptors (Lipinski definition) is 4. The Morgan fingerprint density at radius 1 is 1.33 bits per heavy atom. The van der Waals surface area contributed by atoms with Crippen molar-refractivity contribution in [1.29, 1.82) is 5.41 Å². The van der Waals surface area contributed by atoms with Gasteiger partial charge in [0.1, 0.15) is 5.84 Å². The minimum Gasteiger partial charge on any atom is -0.386 e. The standard InChI is InChI=1S/C11H21N3O3S/c12-11(13)10-5-1-2-6-14(10)18(15,16)8-9-4-3-7-17-9/h9-10H,1-8H2,(H3,12,13). The number of rotatable bonds is 4. The normalized spacial score (nSPS) is 30.4. The molecule has 0 aromatic heterocycles. The lowest BCUT2D eigenvalue weighted by Crippen LogP contribution is -2.51. The molecule has 0 radical (unpaired) electrons. The minimum atomic E-state index is -3.37. The van der Waals surface area contributed by atoms with Gasteiger partial charge in [0.05, 0.1) is 17.9 Å². The van der Waals surface area contributed by atoms with Crippen LogP contribution in [-0.4, -0.2) is 49.6 Å². The molecule has 0 aromatic rings. The van der Waals surface area contributed by atoms with Gasteiger partial charge in [-0.05, 0) is 25.7 Å². The lowest BCUT2D eigenvalue weighted by atomic mass is 10.0. The van der Waals surface area contributed by atoms with Gasteiger partial charge in [-0.1, -0.05) is 6.42 Å². The molecule has 2 unspecified atom stereocenters. The van der Waals surface area contributed by atoms with Crippen LogP contribution in [0.3, 0.4) is 0 Å². The second kappa shape index (κ2) is 5.54. The van der Waals surface area contributed by atoms with Gasteiger partial charge in [0, 0.05) is 13.2 Å². The Morgan fingerprint density at radius 2 is 2.11 bits per heavy atom. The summed E-state index contributed by atoms with van der Waals surface area (Å²) in [5.74, 6) is -0.0258. The first kappa shape index (κ1) is 13.8. The number of nitrogens with two attached hydrogens (primary N) is 1. The molecule has 18 heavy (non-hydrogen) atoms. The molecule has 0 saturated carbocycles. The van der Waals surface area contributed by atoms with E-state index in [0.717, 1.165) is 25.7 Å². The van der Waals surface area contributed by atoms with E-state index in [9.17, 15) is 8.42 Å². The molecule has 0 bridgehead atoms. The first-order valence-electron chi connectivity index (χ1n) is 6.46. The van der Waals surface area contributed by atoms with E-state index >= 15 is 0 Å². The monoisotopic (exact) mass is 275 g/mol. The van der Waals surface area contributed by atoms with Crippen molar-refractivity contribution in [2.45, 2.75) is 44.2 Å². The average molecular weight is 275 g/mol. The Balaban J connectivity index is 2.08. The fourth-order valence-corrected chi connectivity index (χ4v) is 4.59. The Bertz CT molecular complexity index is 404. The number of ether oxygens (including phenoxy) is 1. The smallest absolute Gasteiger partial charge is 0.217 e. The summed E-state index contributed by atoms with van der Waals surface area (Å²) in [6.45, 7) is 1.12. The van der Waals surface area contributed by atoms with Gasteiger partial charge >= 0.3 is 0 Å². The van der Waals surface area contributed by atoms with Crippen LogP contribution in [0.1, 0.15) is 32.1 Å². The molecule has 0 aromatic carbocycles. The fourth-order valence-electron chi connectivity index (χ4n) is 2.66. The zero-order valence-corrected chi connectivity index (χ0v) is 11.3. The van der Waals surface area contributed by atoms with E-state index in [4.69, 9.17) is 15.9 Å². The summed E-state index contributed by atoms with van der Waals surface area (Å²) in [6.07, 6.45) is 3.96. The Hall–Kier alpha value is -0.660. The quantitative estimate of drug-likeness (QED) is 0.569. The zero-order chi connectivity index (χ0) is 13.2. The molecule has 2 saturated heterocycles. The number of sulfonamides is 1. The summed E-state index contributed by atoms with van der Waals surface area (Å²) in [4.78, 5) is 0. The first-order valence-corrected chi connectivity index (χ1v) is 8.06. The van der Waals surface area contributed by atoms with Crippen LogP contribution < -0.4 is 5.73 Å². The molecule has 0 amide bonds. The highest BCUT2D eigenvalue weighted by Crippen LogP contribution is 2.23. The van der Waals surface area contributed by atoms with E-state index < -0.39 is 16.1 Å². The summed E-state index contributed by atoms with van der Waals surface area (Å²) >= 11 is 0. The van der Waals surface area contributed by atoms with Crippen molar-refractivity contribution in [2.24, 2.45) is 5.73 Å². The van der Waals surface area contributed by atoms with Crippen molar-refractivity contribution in [2.75, 3.05) is 18.9 Å². The SMILES string of the molecule is N=C(N)C1CCCCN1S(=O)(=O)CC1CCCO1. The lowest BCUT2D eigenvalue weighted by molar-refractivity contribution is 0.126. The summed E-state index contributed by atoms with van der Waals surface area (Å²) in [7, 11) is -3.37. The van der Waals surface area contributed by atoms with E-state index in [1.165, 1.54) is 4.31 Å². The third-order valence-electron chi connectivity index (χ3n) is 3.59. The van der Waals surface area contributed by atoms with Crippen molar-refractivity contribution in [3.05, 3.63) is 0 Å². The largest absolute Gasteiger partial charge is 0.386 e. The van der Waals surface area contributed by atoms with E-state index in [1.807, 2.05) is 0 Å². The number of piperidine rings is 1. The van der Waals surface area contributed by atoms with Crippen LogP contribution in [0.25, 0.3) is 0 Å². The summed E-state index contributed by atoms with van der Waals surface area (Å²) in [5, 5.41) is 7.52. The molecular weight excluding hydrogens is 254 g/mol. The highest BCUT2D eigenvalue weighted by molar-refractivity contribution is 7.89. The Kier molecular flexibility index (Phi) is 4.24. The van der Waals surface area contributed by atoms with E-state index in [2.05, 4.69) is 0 Å². The van der Waals surface area contributed by atoms with Gasteiger partial charge in [0.25, 0.3) is 0 Å². The maximum absolute atomic E-state index is 12.4. The predicted molar refractivity (Wildman–Crippen MR) is 69.0 cm³/mol. The molecule has 3 N–H and O–H groups in total. The van der Waals surface area contributed by atoms with E-state index in [1.54, 1.807) is 0 Å². The molecule has 2 fully saturated rings. The number of amidine groups is 1. The fraction of sp³-hybridized carbons (Fsp3) is 0.909. The van der Waals surface area contributed by atoms with Crippen LogP contribution in [-0.2, 0) is 14.8 Å². The van der Waals surface area contributed by atoms with Gasteiger partial charge in [-0.15, -0.1) is 0 Å². The van der Waals surface area contributed by atoms with E-state index in [0.29, 0.717) is 19.6 Å². The van der Waals surface area contributed by atoms with Crippen LogP contribution >= 0.6 is 0 Å². The highest BCUT2D eigenvalue weighted by atomic mass is 32.2. The van der Waals surface area contributed by atoms with Crippen LogP contribution in [0.15, 0.2) is 0 Å². The molecule has 0 aliphatic carbocycles. The maximum Gasteiger partial charge on any atom is 0.217 e. The van der Waals surface area contributed by atoms with E-state index in [-0.39, 0.29) is 17.7 Å². The number of hydrogen-bond donors (Lipinski definition) is 2. The predicted octanol–water partition coefficient (Wildman–Crippen LogP) is 0.286. The molecule has 2 atom stereocenters. The average Bonchev–Trinajstić information content (AvgIpc) is 2.81. The molecule has 7 heteroatoms. The second-order valence-electron chi connectivity index (χ2n) is 4.99. The third kappa shape index (κ3) is 3.02. The molecule has 104 valence electrons. The molecule has 0 spiro atoms. The summed E-state index contributed by atoms with van der Waals surface area (Å²) in [6, 6.07) is -0.454. The Labute approximate surface area is 108 Å². The second-order valence-corrected chi connectivity index (χ2v) is 6.96. The van der Waals surface area contributed by atoms with Crippen molar-refractivity contribution in [3.8, 4) is 0 Å². The van der Waals surface area contributed by atoms with Gasteiger partial charge in [-0.3, -0.25) is 5.41 Å². The van der Waals surface area contributed by atoms with Gasteiger partial charge in [-0.25, -0.2) is 8.42 Å². The molecule has 2 rings (SSSR count). The van der Waals surface area contributed by atoms with Crippen molar-refractivity contribution in [1.82, 2.24) is 4.31 Å². The van der Waals surface area contributed by atoms with Crippen LogP contribution in [0.4, 0.5) is 0 Å². The highest BCUT2D eigenvalue weighted by Gasteiger charge is 2.36. The Morgan fingerprint density at radius 3 is 2.72 bits per heavy atom. The number of nitrogens with zero attached hydrogens (tertiary/aromatic N) is 1. The molecule has 2 aliphatic heterocycles. The zero-order valence-electron chi connectivity index (χ0n) is 10.5. The van der Waals surface area contributed by atoms with Gasteiger partial charge in [-0.2, -0.15) is 4.31 Å². The molecular formula is C11H21N3O3S. The van der Waals surface area contributed by atoms with Gasteiger partial charge in [0.2, 0.25) is 10.0 Å². The van der Waals surface area contributed by atoms with Crippen LogP contribution in [0, 0.1) is 5.41 Å². The summed E-state index contributed by atoms with van der Waals surface area (Å²) in [5.41, 5.74) is 5.51. The van der Waals surface area contributed by atoms with Crippen molar-refractivity contribution < 1.29 is 13.2 Å². The maximum atomic E-state index is 12.4. The number of nitrogens with one attached hydrogen (secondary N) is 1. The molecule has 6 nitrogen and oxygen atoms in total. The first-order chi connectivity index (χ1) is 8.50. The topological polar surface area (TPSA) is 96.5 Å². The minimum absolute atomic E-state index is 0.0246. The van der Waals surface area contributed by atoms with Crippen LogP contribution in [0.5, 0.6) is 0 Å². The van der Waals surface area contributed by atoms with Crippen molar-refractivity contribution in [3.63, 3.8) is 0 Å². The molecule has 2 heterocycles. The van der Waals surface area contributed by atoms with Crippen molar-refractivity contribution >= 4 is 15.9 Å².